The summed E-state index contributed by atoms with van der Waals surface area (Å²) in [5.74, 6) is 1.30. The zero-order valence-electron chi connectivity index (χ0n) is 15.6. The fourth-order valence-corrected chi connectivity index (χ4v) is 2.27. The predicted octanol–water partition coefficient (Wildman–Crippen LogP) is 2.46. The van der Waals surface area contributed by atoms with E-state index in [1.165, 1.54) is 12.8 Å². The van der Waals surface area contributed by atoms with E-state index in [0.29, 0.717) is 25.2 Å². The van der Waals surface area contributed by atoms with Crippen LogP contribution in [0.25, 0.3) is 0 Å². The second kappa shape index (κ2) is 12.7. The molecule has 5 nitrogen and oxygen atoms in total. The van der Waals surface area contributed by atoms with Crippen LogP contribution in [0.1, 0.15) is 53.4 Å². The van der Waals surface area contributed by atoms with Gasteiger partial charge in [0, 0.05) is 19.2 Å². The van der Waals surface area contributed by atoms with Gasteiger partial charge in [0.05, 0.1) is 12.6 Å². The standard InChI is InChI=1S/C17H38N4O/c1-7-22-16(11-12-21(5)6)13-19-17(18)20-15(4)10-8-9-14(2)3/h14-16H,7-13H2,1-6H3,(H3,18,19,20). The van der Waals surface area contributed by atoms with E-state index in [4.69, 9.17) is 10.5 Å². The number of nitrogens with one attached hydrogen (secondary N) is 1. The van der Waals surface area contributed by atoms with E-state index in [1.54, 1.807) is 0 Å². The van der Waals surface area contributed by atoms with Crippen LogP contribution >= 0.6 is 0 Å². The average Bonchev–Trinajstić information content (AvgIpc) is 2.41. The molecule has 0 saturated carbocycles. The number of hydrogen-bond acceptors (Lipinski definition) is 3. The predicted molar refractivity (Wildman–Crippen MR) is 96.4 cm³/mol. The molecule has 132 valence electrons. The summed E-state index contributed by atoms with van der Waals surface area (Å²) in [6.07, 6.45) is 4.73. The summed E-state index contributed by atoms with van der Waals surface area (Å²) in [6.45, 7) is 11.0. The lowest BCUT2D eigenvalue weighted by atomic mass is 10.0. The van der Waals surface area contributed by atoms with Crippen LogP contribution in [0.15, 0.2) is 4.99 Å². The molecule has 0 aromatic heterocycles. The first-order chi connectivity index (χ1) is 10.3. The topological polar surface area (TPSA) is 62.9 Å². The van der Waals surface area contributed by atoms with Crippen LogP contribution in [-0.2, 0) is 4.74 Å². The van der Waals surface area contributed by atoms with Crippen LogP contribution in [0.3, 0.4) is 0 Å². The van der Waals surface area contributed by atoms with E-state index < -0.39 is 0 Å². The second-order valence-corrected chi connectivity index (χ2v) is 6.77. The molecule has 0 aliphatic rings. The molecule has 2 unspecified atom stereocenters. The van der Waals surface area contributed by atoms with Crippen molar-refractivity contribution in [2.75, 3.05) is 33.8 Å². The molecule has 3 N–H and O–H groups in total. The largest absolute Gasteiger partial charge is 0.377 e. The van der Waals surface area contributed by atoms with E-state index in [9.17, 15) is 0 Å². The Morgan fingerprint density at radius 1 is 1.18 bits per heavy atom. The van der Waals surface area contributed by atoms with Crippen LogP contribution < -0.4 is 11.1 Å². The van der Waals surface area contributed by atoms with Gasteiger partial charge in [0.15, 0.2) is 5.96 Å². The number of rotatable bonds is 12. The molecular formula is C17H38N4O. The molecular weight excluding hydrogens is 276 g/mol. The highest BCUT2D eigenvalue weighted by atomic mass is 16.5. The minimum atomic E-state index is 0.143. The van der Waals surface area contributed by atoms with Crippen molar-refractivity contribution >= 4 is 5.96 Å². The zero-order chi connectivity index (χ0) is 17.0. The number of guanidine groups is 1. The van der Waals surface area contributed by atoms with Crippen LogP contribution in [0.2, 0.25) is 0 Å². The normalized spacial score (nSPS) is 15.4. The smallest absolute Gasteiger partial charge is 0.188 e. The monoisotopic (exact) mass is 314 g/mol. The molecule has 0 aliphatic carbocycles. The van der Waals surface area contributed by atoms with Crippen molar-refractivity contribution in [1.29, 1.82) is 0 Å². The number of ether oxygens (including phenoxy) is 1. The minimum absolute atomic E-state index is 0.143. The highest BCUT2D eigenvalue weighted by Gasteiger charge is 2.09. The van der Waals surface area contributed by atoms with Crippen molar-refractivity contribution in [2.45, 2.75) is 65.5 Å². The summed E-state index contributed by atoms with van der Waals surface area (Å²) in [5.41, 5.74) is 5.98. The van der Waals surface area contributed by atoms with Crippen molar-refractivity contribution < 1.29 is 4.74 Å². The fourth-order valence-electron chi connectivity index (χ4n) is 2.27. The van der Waals surface area contributed by atoms with Crippen LogP contribution in [0, 0.1) is 5.92 Å². The minimum Gasteiger partial charge on any atom is -0.377 e. The summed E-state index contributed by atoms with van der Waals surface area (Å²) in [5, 5.41) is 3.28. The van der Waals surface area contributed by atoms with E-state index in [2.05, 4.69) is 50.1 Å². The van der Waals surface area contributed by atoms with E-state index >= 15 is 0 Å². The number of aliphatic imine (C=N–C) groups is 1. The Kier molecular flexibility index (Phi) is 12.2. The maximum Gasteiger partial charge on any atom is 0.188 e. The first kappa shape index (κ1) is 21.2. The van der Waals surface area contributed by atoms with Crippen LogP contribution in [0.5, 0.6) is 0 Å². The Balaban J connectivity index is 4.09. The van der Waals surface area contributed by atoms with Gasteiger partial charge in [0.25, 0.3) is 0 Å². The molecule has 0 aromatic carbocycles. The van der Waals surface area contributed by atoms with Gasteiger partial charge in [-0.3, -0.25) is 4.99 Å². The van der Waals surface area contributed by atoms with Crippen LogP contribution in [-0.4, -0.2) is 56.8 Å². The van der Waals surface area contributed by atoms with Crippen molar-refractivity contribution in [2.24, 2.45) is 16.6 Å². The molecule has 0 rings (SSSR count). The Bertz CT molecular complexity index is 292. The Morgan fingerprint density at radius 2 is 1.86 bits per heavy atom. The van der Waals surface area contributed by atoms with Crippen molar-refractivity contribution in [1.82, 2.24) is 10.2 Å². The molecule has 0 saturated heterocycles. The number of hydrogen-bond donors (Lipinski definition) is 2. The third-order valence-electron chi connectivity index (χ3n) is 3.58. The molecule has 0 aliphatic heterocycles. The maximum absolute atomic E-state index is 5.98. The average molecular weight is 315 g/mol. The Hall–Kier alpha value is -0.810. The van der Waals surface area contributed by atoms with Gasteiger partial charge < -0.3 is 20.7 Å². The van der Waals surface area contributed by atoms with Crippen molar-refractivity contribution in [3.8, 4) is 0 Å². The van der Waals surface area contributed by atoms with Gasteiger partial charge in [-0.25, -0.2) is 0 Å². The molecule has 22 heavy (non-hydrogen) atoms. The fraction of sp³-hybridized carbons (Fsp3) is 0.941. The molecule has 2 atom stereocenters. The molecule has 0 spiro atoms. The molecule has 0 aromatic rings. The Labute approximate surface area is 137 Å². The first-order valence-electron chi connectivity index (χ1n) is 8.67. The quantitative estimate of drug-likeness (QED) is 0.429. The van der Waals surface area contributed by atoms with Crippen molar-refractivity contribution in [3.63, 3.8) is 0 Å². The summed E-state index contributed by atoms with van der Waals surface area (Å²) in [4.78, 5) is 6.60. The van der Waals surface area contributed by atoms with Gasteiger partial charge in [-0.1, -0.05) is 26.7 Å². The first-order valence-corrected chi connectivity index (χ1v) is 8.67. The van der Waals surface area contributed by atoms with Crippen LogP contribution in [0.4, 0.5) is 0 Å². The summed E-state index contributed by atoms with van der Waals surface area (Å²) < 4.78 is 5.72. The SMILES string of the molecule is CCOC(CCN(C)C)CN=C(N)NC(C)CCCC(C)C. The van der Waals surface area contributed by atoms with Gasteiger partial charge in [-0.2, -0.15) is 0 Å². The lowest BCUT2D eigenvalue weighted by Crippen LogP contribution is -2.39. The number of nitrogens with two attached hydrogens (primary N) is 1. The molecule has 0 heterocycles. The lowest BCUT2D eigenvalue weighted by molar-refractivity contribution is 0.0582. The van der Waals surface area contributed by atoms with Gasteiger partial charge >= 0.3 is 0 Å². The van der Waals surface area contributed by atoms with Gasteiger partial charge in [0.2, 0.25) is 0 Å². The van der Waals surface area contributed by atoms with E-state index in [1.807, 2.05) is 6.92 Å². The van der Waals surface area contributed by atoms with Gasteiger partial charge in [-0.15, -0.1) is 0 Å². The third kappa shape index (κ3) is 12.9. The lowest BCUT2D eigenvalue weighted by Gasteiger charge is -2.19. The van der Waals surface area contributed by atoms with E-state index in [0.717, 1.165) is 25.3 Å². The van der Waals surface area contributed by atoms with Crippen molar-refractivity contribution in [3.05, 3.63) is 0 Å². The second-order valence-electron chi connectivity index (χ2n) is 6.77. The Morgan fingerprint density at radius 3 is 2.41 bits per heavy atom. The molecule has 5 heteroatoms. The highest BCUT2D eigenvalue weighted by Crippen LogP contribution is 2.08. The van der Waals surface area contributed by atoms with Gasteiger partial charge in [0.1, 0.15) is 0 Å². The maximum atomic E-state index is 5.98. The molecule has 0 amide bonds. The molecule has 0 bridgehead atoms. The third-order valence-corrected chi connectivity index (χ3v) is 3.58. The molecule has 0 radical (unpaired) electrons. The summed E-state index contributed by atoms with van der Waals surface area (Å²) in [6, 6.07) is 0.370. The van der Waals surface area contributed by atoms with Gasteiger partial charge in [-0.05, 0) is 46.7 Å². The summed E-state index contributed by atoms with van der Waals surface area (Å²) in [7, 11) is 4.14. The number of nitrogens with zero attached hydrogens (tertiary/aromatic N) is 2. The molecule has 0 fully saturated rings. The highest BCUT2D eigenvalue weighted by molar-refractivity contribution is 5.78. The van der Waals surface area contributed by atoms with E-state index in [-0.39, 0.29) is 6.10 Å². The zero-order valence-corrected chi connectivity index (χ0v) is 15.6. The summed E-state index contributed by atoms with van der Waals surface area (Å²) >= 11 is 0.